The number of hydrazine groups is 1. The van der Waals surface area contributed by atoms with Gasteiger partial charge in [-0.15, -0.1) is 10.1 Å². The molecule has 1 aliphatic rings. The largest absolute Gasteiger partial charge is 0.334 e. The van der Waals surface area contributed by atoms with Gasteiger partial charge in [-0.2, -0.15) is 0 Å². The monoisotopic (exact) mass is 418 g/mol. The van der Waals surface area contributed by atoms with Gasteiger partial charge in [0.1, 0.15) is 0 Å². The van der Waals surface area contributed by atoms with Gasteiger partial charge in [0.05, 0.1) is 10.6 Å². The first-order chi connectivity index (χ1) is 14.5. The topological polar surface area (TPSA) is 61.2 Å². The second kappa shape index (κ2) is 8.51. The molecular formula is C24H21ClN3O2+. The Kier molecular flexibility index (Phi) is 5.63. The van der Waals surface area contributed by atoms with Crippen LogP contribution in [0.25, 0.3) is 0 Å². The molecule has 0 spiro atoms. The molecule has 6 heteroatoms. The first-order valence-electron chi connectivity index (χ1n) is 9.63. The van der Waals surface area contributed by atoms with E-state index in [4.69, 9.17) is 11.6 Å². The van der Waals surface area contributed by atoms with E-state index in [1.54, 1.807) is 29.1 Å². The smallest absolute Gasteiger partial charge is 0.304 e. The van der Waals surface area contributed by atoms with Crippen LogP contribution in [0.4, 0.5) is 0 Å². The molecule has 150 valence electrons. The van der Waals surface area contributed by atoms with Crippen molar-refractivity contribution < 1.29 is 14.3 Å². The summed E-state index contributed by atoms with van der Waals surface area (Å²) in [6, 6.07) is 23.1. The normalized spacial score (nSPS) is 19.5. The van der Waals surface area contributed by atoms with E-state index in [1.807, 2.05) is 67.6 Å². The molecule has 0 aromatic heterocycles. The van der Waals surface area contributed by atoms with Gasteiger partial charge in [0.25, 0.3) is 5.91 Å². The molecule has 3 aromatic carbocycles. The predicted molar refractivity (Wildman–Crippen MR) is 117 cm³/mol. The Morgan fingerprint density at radius 1 is 1.03 bits per heavy atom. The number of hydrogen-bond donors (Lipinski definition) is 2. The van der Waals surface area contributed by atoms with Crippen LogP contribution in [0.3, 0.4) is 0 Å². The van der Waals surface area contributed by atoms with E-state index in [-0.39, 0.29) is 11.8 Å². The third kappa shape index (κ3) is 4.11. The maximum atomic E-state index is 12.9. The Labute approximate surface area is 180 Å². The first-order valence-corrected chi connectivity index (χ1v) is 10.0. The van der Waals surface area contributed by atoms with Crippen LogP contribution in [-0.4, -0.2) is 28.8 Å². The summed E-state index contributed by atoms with van der Waals surface area (Å²) in [7, 11) is 0. The van der Waals surface area contributed by atoms with Crippen LogP contribution >= 0.6 is 11.6 Å². The van der Waals surface area contributed by atoms with Gasteiger partial charge in [0.15, 0.2) is 6.04 Å². The van der Waals surface area contributed by atoms with Gasteiger partial charge < -0.3 is 5.32 Å². The number of aryl methyl sites for hydroxylation is 1. The van der Waals surface area contributed by atoms with Gasteiger partial charge in [0, 0.05) is 11.1 Å². The number of amides is 2. The standard InChI is InChI=1S/C24H20ClN3O2/c1-16-8-7-12-18(14-16)23(29)26-21-22(17-9-3-2-4-10-17)28(27-24(21)30)15-19-11-5-6-13-20(19)25/h2-15,21-22H,1H3,(H-,26,27,29,30)/p+1/b28-15-/t21-,22-/m0/s1. The minimum atomic E-state index is -0.765. The van der Waals surface area contributed by atoms with E-state index in [1.165, 1.54) is 0 Å². The van der Waals surface area contributed by atoms with Crippen LogP contribution in [0.1, 0.15) is 33.1 Å². The van der Waals surface area contributed by atoms with Gasteiger partial charge >= 0.3 is 5.91 Å². The molecule has 1 aliphatic heterocycles. The number of benzene rings is 3. The van der Waals surface area contributed by atoms with Crippen LogP contribution in [0.2, 0.25) is 5.02 Å². The van der Waals surface area contributed by atoms with Crippen LogP contribution in [0.5, 0.6) is 0 Å². The van der Waals surface area contributed by atoms with Crippen molar-refractivity contribution in [3.05, 3.63) is 106 Å². The molecule has 4 rings (SSSR count). The number of nitrogens with zero attached hydrogens (tertiary/aromatic N) is 1. The Morgan fingerprint density at radius 3 is 2.50 bits per heavy atom. The van der Waals surface area contributed by atoms with Crippen molar-refractivity contribution in [3.63, 3.8) is 0 Å². The van der Waals surface area contributed by atoms with E-state index in [2.05, 4.69) is 10.7 Å². The van der Waals surface area contributed by atoms with E-state index in [0.29, 0.717) is 10.6 Å². The highest BCUT2D eigenvalue weighted by Gasteiger charge is 2.47. The van der Waals surface area contributed by atoms with Crippen molar-refractivity contribution in [2.75, 3.05) is 0 Å². The van der Waals surface area contributed by atoms with Crippen molar-refractivity contribution in [1.82, 2.24) is 10.7 Å². The Morgan fingerprint density at radius 2 is 1.77 bits per heavy atom. The third-order valence-electron chi connectivity index (χ3n) is 5.03. The zero-order chi connectivity index (χ0) is 21.1. The molecule has 1 fully saturated rings. The maximum absolute atomic E-state index is 12.9. The van der Waals surface area contributed by atoms with Crippen molar-refractivity contribution in [1.29, 1.82) is 0 Å². The lowest BCUT2D eigenvalue weighted by Gasteiger charge is -2.15. The van der Waals surface area contributed by atoms with Crippen molar-refractivity contribution in [2.45, 2.75) is 19.0 Å². The summed E-state index contributed by atoms with van der Waals surface area (Å²) in [6.07, 6.45) is 1.79. The molecule has 1 saturated heterocycles. The second-order valence-electron chi connectivity index (χ2n) is 7.21. The van der Waals surface area contributed by atoms with Gasteiger partial charge in [-0.1, -0.05) is 71.8 Å². The number of halogens is 1. The summed E-state index contributed by atoms with van der Waals surface area (Å²) in [5.41, 5.74) is 6.02. The molecule has 5 nitrogen and oxygen atoms in total. The lowest BCUT2D eigenvalue weighted by molar-refractivity contribution is -0.596. The Hall–Kier alpha value is -3.44. The van der Waals surface area contributed by atoms with Gasteiger partial charge in [-0.3, -0.25) is 9.59 Å². The molecule has 0 bridgehead atoms. The van der Waals surface area contributed by atoms with Crippen molar-refractivity contribution in [3.8, 4) is 0 Å². The quantitative estimate of drug-likeness (QED) is 0.635. The van der Waals surface area contributed by atoms with Crippen LogP contribution in [0.15, 0.2) is 78.9 Å². The summed E-state index contributed by atoms with van der Waals surface area (Å²) in [5.74, 6) is -0.576. The van der Waals surface area contributed by atoms with Crippen molar-refractivity contribution >= 4 is 29.6 Å². The molecule has 0 unspecified atom stereocenters. The molecule has 0 saturated carbocycles. The average Bonchev–Trinajstić information content (AvgIpc) is 3.05. The predicted octanol–water partition coefficient (Wildman–Crippen LogP) is 3.66. The minimum absolute atomic E-state index is 0.284. The van der Waals surface area contributed by atoms with Gasteiger partial charge in [0.2, 0.25) is 12.3 Å². The molecular weight excluding hydrogens is 398 g/mol. The molecule has 0 aliphatic carbocycles. The SMILES string of the molecule is Cc1cccc(C(=O)N[C@@H]2C(=O)N/[N+](=C\c3ccccc3Cl)[C@H]2c2ccccc2)c1. The number of hydrogen-bond acceptors (Lipinski definition) is 2. The van der Waals surface area contributed by atoms with Gasteiger partial charge in [-0.25, -0.2) is 0 Å². The third-order valence-corrected chi connectivity index (χ3v) is 5.37. The summed E-state index contributed by atoms with van der Waals surface area (Å²) >= 11 is 6.31. The minimum Gasteiger partial charge on any atom is -0.334 e. The molecule has 3 aromatic rings. The zero-order valence-corrected chi connectivity index (χ0v) is 17.1. The molecule has 30 heavy (non-hydrogen) atoms. The lowest BCUT2D eigenvalue weighted by Crippen LogP contribution is -2.42. The van der Waals surface area contributed by atoms with Crippen LogP contribution in [-0.2, 0) is 4.79 Å². The highest BCUT2D eigenvalue weighted by Crippen LogP contribution is 2.26. The number of carbonyl (C=O) groups is 2. The van der Waals surface area contributed by atoms with E-state index in [0.717, 1.165) is 16.7 Å². The van der Waals surface area contributed by atoms with E-state index >= 15 is 0 Å². The molecule has 2 amide bonds. The Balaban J connectivity index is 1.71. The number of carbonyl (C=O) groups excluding carboxylic acids is 2. The molecule has 2 N–H and O–H groups in total. The van der Waals surface area contributed by atoms with Crippen LogP contribution < -0.4 is 10.7 Å². The Bertz CT molecular complexity index is 1130. The molecule has 2 atom stereocenters. The fourth-order valence-electron chi connectivity index (χ4n) is 3.57. The second-order valence-corrected chi connectivity index (χ2v) is 7.62. The molecule has 0 radical (unpaired) electrons. The average molecular weight is 419 g/mol. The summed E-state index contributed by atoms with van der Waals surface area (Å²) < 4.78 is 1.71. The summed E-state index contributed by atoms with van der Waals surface area (Å²) in [5, 5.41) is 3.48. The maximum Gasteiger partial charge on any atom is 0.304 e. The summed E-state index contributed by atoms with van der Waals surface area (Å²) in [6.45, 7) is 1.92. The number of nitrogens with one attached hydrogen (secondary N) is 2. The fraction of sp³-hybridized carbons (Fsp3) is 0.125. The highest BCUT2D eigenvalue weighted by molar-refractivity contribution is 6.32. The van der Waals surface area contributed by atoms with E-state index < -0.39 is 12.1 Å². The molecule has 1 heterocycles. The van der Waals surface area contributed by atoms with Gasteiger partial charge in [-0.05, 0) is 31.2 Å². The highest BCUT2D eigenvalue weighted by atomic mass is 35.5. The number of hydrazone groups is 1. The van der Waals surface area contributed by atoms with Crippen LogP contribution in [0, 0.1) is 6.92 Å². The fourth-order valence-corrected chi connectivity index (χ4v) is 3.76. The lowest BCUT2D eigenvalue weighted by atomic mass is 9.99. The first kappa shape index (κ1) is 19.9. The van der Waals surface area contributed by atoms with E-state index in [9.17, 15) is 9.59 Å². The zero-order valence-electron chi connectivity index (χ0n) is 16.4. The number of rotatable bonds is 4. The summed E-state index contributed by atoms with van der Waals surface area (Å²) in [4.78, 5) is 25.7. The van der Waals surface area contributed by atoms with Crippen molar-refractivity contribution in [2.24, 2.45) is 0 Å².